The number of rotatable bonds is 13. The van der Waals surface area contributed by atoms with Crippen LogP contribution in [0.3, 0.4) is 0 Å². The molecule has 0 saturated carbocycles. The maximum Gasteiger partial charge on any atom is 0.0512 e. The minimum atomic E-state index is -0.107. The molecule has 1 N–H and O–H groups in total. The molecule has 0 unspecified atom stereocenters. The van der Waals surface area contributed by atoms with Crippen LogP contribution in [0.15, 0.2) is 12.2 Å². The quantitative estimate of drug-likeness (QED) is 0.334. The van der Waals surface area contributed by atoms with Gasteiger partial charge in [0.1, 0.15) is 0 Å². The highest BCUT2D eigenvalue weighted by Crippen LogP contribution is 2.11. The molecule has 0 spiro atoms. The lowest BCUT2D eigenvalue weighted by atomic mass is 10.1. The highest BCUT2D eigenvalue weighted by atomic mass is 16.3. The van der Waals surface area contributed by atoms with Crippen LogP contribution < -0.4 is 0 Å². The van der Waals surface area contributed by atoms with Crippen LogP contribution in [0.4, 0.5) is 0 Å². The molecule has 1 heteroatoms. The largest absolute Gasteiger partial charge is 0.393 e. The van der Waals surface area contributed by atoms with Crippen LogP contribution in [-0.4, -0.2) is 11.2 Å². The lowest BCUT2D eigenvalue weighted by Crippen LogP contribution is -1.98. The summed E-state index contributed by atoms with van der Waals surface area (Å²) in [6.45, 7) is 4.13. The molecule has 1 nitrogen and oxygen atoms in total. The average molecular weight is 254 g/mol. The predicted molar refractivity (Wildman–Crippen MR) is 81.9 cm³/mol. The summed E-state index contributed by atoms with van der Waals surface area (Å²) in [5.74, 6) is 0. The van der Waals surface area contributed by atoms with E-state index < -0.39 is 0 Å². The third-order valence-electron chi connectivity index (χ3n) is 3.38. The highest BCUT2D eigenvalue weighted by molar-refractivity contribution is 4.81. The van der Waals surface area contributed by atoms with E-state index in [4.69, 9.17) is 5.11 Å². The normalized spacial score (nSPS) is 13.3. The highest BCUT2D eigenvalue weighted by Gasteiger charge is 1.95. The molecule has 0 bridgehead atoms. The Morgan fingerprint density at radius 1 is 0.778 bits per heavy atom. The summed E-state index contributed by atoms with van der Waals surface area (Å²) in [6.07, 6.45) is 20.1. The molecule has 0 aliphatic rings. The molecule has 0 aromatic heterocycles. The first-order chi connectivity index (χ1) is 8.77. The fourth-order valence-corrected chi connectivity index (χ4v) is 2.14. The molecular formula is C17H34O. The Kier molecular flexibility index (Phi) is 14.5. The summed E-state index contributed by atoms with van der Waals surface area (Å²) >= 11 is 0. The fraction of sp³-hybridized carbons (Fsp3) is 0.882. The van der Waals surface area contributed by atoms with Crippen molar-refractivity contribution in [2.75, 3.05) is 0 Å². The van der Waals surface area contributed by atoms with Crippen LogP contribution in [0.1, 0.15) is 90.9 Å². The molecule has 108 valence electrons. The van der Waals surface area contributed by atoms with Gasteiger partial charge < -0.3 is 5.11 Å². The Balaban J connectivity index is 3.01. The summed E-state index contributed by atoms with van der Waals surface area (Å²) in [5, 5.41) is 9.12. The van der Waals surface area contributed by atoms with E-state index >= 15 is 0 Å². The Labute approximate surface area is 115 Å². The molecule has 0 radical (unpaired) electrons. The molecule has 0 aromatic carbocycles. The van der Waals surface area contributed by atoms with Crippen LogP contribution in [0.25, 0.3) is 0 Å². The molecule has 18 heavy (non-hydrogen) atoms. The van der Waals surface area contributed by atoms with Gasteiger partial charge in [-0.25, -0.2) is 0 Å². The number of hydrogen-bond acceptors (Lipinski definition) is 1. The van der Waals surface area contributed by atoms with Crippen LogP contribution in [-0.2, 0) is 0 Å². The maximum absolute atomic E-state index is 9.12. The topological polar surface area (TPSA) is 20.2 Å². The number of aliphatic hydroxyl groups is 1. The van der Waals surface area contributed by atoms with Crippen molar-refractivity contribution < 1.29 is 5.11 Å². The number of aliphatic hydroxyl groups excluding tert-OH is 1. The minimum Gasteiger partial charge on any atom is -0.393 e. The predicted octanol–water partition coefficient (Wildman–Crippen LogP) is 5.62. The Bertz CT molecular complexity index is 172. The zero-order valence-corrected chi connectivity index (χ0v) is 12.7. The van der Waals surface area contributed by atoms with Crippen molar-refractivity contribution in [2.45, 2.75) is 97.0 Å². The lowest BCUT2D eigenvalue weighted by Gasteiger charge is -2.03. The first-order valence-electron chi connectivity index (χ1n) is 8.10. The van der Waals surface area contributed by atoms with Gasteiger partial charge >= 0.3 is 0 Å². The Morgan fingerprint density at radius 2 is 1.28 bits per heavy atom. The van der Waals surface area contributed by atoms with E-state index in [-0.39, 0.29) is 6.10 Å². The summed E-state index contributed by atoms with van der Waals surface area (Å²) < 4.78 is 0. The van der Waals surface area contributed by atoms with E-state index in [0.29, 0.717) is 0 Å². The molecule has 0 aliphatic carbocycles. The molecule has 0 fully saturated rings. The van der Waals surface area contributed by atoms with Crippen molar-refractivity contribution in [3.63, 3.8) is 0 Å². The molecule has 0 saturated heterocycles. The van der Waals surface area contributed by atoms with Gasteiger partial charge in [0.05, 0.1) is 6.10 Å². The molecule has 0 amide bonds. The zero-order valence-electron chi connectivity index (χ0n) is 12.7. The van der Waals surface area contributed by atoms with E-state index in [9.17, 15) is 0 Å². The lowest BCUT2D eigenvalue weighted by molar-refractivity contribution is 0.180. The second-order valence-electron chi connectivity index (χ2n) is 5.51. The Morgan fingerprint density at radius 3 is 1.83 bits per heavy atom. The van der Waals surface area contributed by atoms with E-state index in [1.807, 2.05) is 6.92 Å². The molecular weight excluding hydrogens is 220 g/mol. The first-order valence-corrected chi connectivity index (χ1v) is 8.10. The molecule has 1 atom stereocenters. The molecule has 0 aliphatic heterocycles. The van der Waals surface area contributed by atoms with E-state index in [1.54, 1.807) is 0 Å². The smallest absolute Gasteiger partial charge is 0.0512 e. The van der Waals surface area contributed by atoms with Gasteiger partial charge in [0.25, 0.3) is 0 Å². The summed E-state index contributed by atoms with van der Waals surface area (Å²) in [4.78, 5) is 0. The zero-order chi connectivity index (χ0) is 13.5. The van der Waals surface area contributed by atoms with Crippen molar-refractivity contribution >= 4 is 0 Å². The molecule has 0 aromatic rings. The summed E-state index contributed by atoms with van der Waals surface area (Å²) in [6, 6.07) is 0. The van der Waals surface area contributed by atoms with Crippen molar-refractivity contribution in [1.29, 1.82) is 0 Å². The van der Waals surface area contributed by atoms with Crippen molar-refractivity contribution in [3.8, 4) is 0 Å². The van der Waals surface area contributed by atoms with Gasteiger partial charge in [0.2, 0.25) is 0 Å². The van der Waals surface area contributed by atoms with E-state index in [0.717, 1.165) is 6.42 Å². The van der Waals surface area contributed by atoms with Gasteiger partial charge in [-0.2, -0.15) is 0 Å². The monoisotopic (exact) mass is 254 g/mol. The second kappa shape index (κ2) is 14.8. The Hall–Kier alpha value is -0.300. The summed E-state index contributed by atoms with van der Waals surface area (Å²) in [5.41, 5.74) is 0. The van der Waals surface area contributed by atoms with Crippen molar-refractivity contribution in [1.82, 2.24) is 0 Å². The average Bonchev–Trinajstić information content (AvgIpc) is 2.34. The van der Waals surface area contributed by atoms with Gasteiger partial charge in [-0.15, -0.1) is 0 Å². The summed E-state index contributed by atoms with van der Waals surface area (Å²) in [7, 11) is 0. The maximum atomic E-state index is 9.12. The van der Waals surface area contributed by atoms with E-state index in [1.165, 1.54) is 70.6 Å². The third kappa shape index (κ3) is 15.7. The third-order valence-corrected chi connectivity index (χ3v) is 3.38. The van der Waals surface area contributed by atoms with Crippen LogP contribution >= 0.6 is 0 Å². The van der Waals surface area contributed by atoms with Crippen LogP contribution in [0, 0.1) is 0 Å². The number of hydrogen-bond donors (Lipinski definition) is 1. The van der Waals surface area contributed by atoms with Crippen molar-refractivity contribution in [2.24, 2.45) is 0 Å². The van der Waals surface area contributed by atoms with Gasteiger partial charge in [-0.05, 0) is 32.6 Å². The first kappa shape index (κ1) is 17.7. The van der Waals surface area contributed by atoms with Gasteiger partial charge in [-0.3, -0.25) is 0 Å². The van der Waals surface area contributed by atoms with Crippen molar-refractivity contribution in [3.05, 3.63) is 12.2 Å². The van der Waals surface area contributed by atoms with Gasteiger partial charge in [-0.1, -0.05) is 70.4 Å². The minimum absolute atomic E-state index is 0.107. The van der Waals surface area contributed by atoms with Gasteiger partial charge in [0, 0.05) is 0 Å². The second-order valence-corrected chi connectivity index (χ2v) is 5.51. The van der Waals surface area contributed by atoms with Crippen LogP contribution in [0.2, 0.25) is 0 Å². The van der Waals surface area contributed by atoms with E-state index in [2.05, 4.69) is 19.1 Å². The number of allylic oxidation sites excluding steroid dienone is 2. The SMILES string of the molecule is CCCC/C=C\CCCCCCCCC[C@H](C)O. The standard InChI is InChI=1S/C17H34O/c1-3-4-5-6-7-8-9-10-11-12-13-14-15-16-17(2)18/h6-7,17-18H,3-5,8-16H2,1-2H3/b7-6-/t17-/m0/s1. The number of unbranched alkanes of at least 4 members (excludes halogenated alkanes) is 9. The van der Waals surface area contributed by atoms with Gasteiger partial charge in [0.15, 0.2) is 0 Å². The fourth-order valence-electron chi connectivity index (χ4n) is 2.14. The molecule has 0 rings (SSSR count). The van der Waals surface area contributed by atoms with Crippen LogP contribution in [0.5, 0.6) is 0 Å². The molecule has 0 heterocycles.